The fourth-order valence-corrected chi connectivity index (χ4v) is 2.03. The van der Waals surface area contributed by atoms with Gasteiger partial charge in [-0.3, -0.25) is 9.59 Å². The minimum atomic E-state index is -0.338. The van der Waals surface area contributed by atoms with E-state index in [1.54, 1.807) is 6.07 Å². The van der Waals surface area contributed by atoms with E-state index in [2.05, 4.69) is 6.92 Å². The maximum absolute atomic E-state index is 12.2. The van der Waals surface area contributed by atoms with Gasteiger partial charge < -0.3 is 10.2 Å². The second-order valence-corrected chi connectivity index (χ2v) is 4.22. The molecular weight excluding hydrogens is 230 g/mol. The van der Waals surface area contributed by atoms with Gasteiger partial charge in [0.15, 0.2) is 6.29 Å². The molecule has 1 aromatic heterocycles. The lowest BCUT2D eigenvalue weighted by Gasteiger charge is -2.06. The van der Waals surface area contributed by atoms with Crippen molar-refractivity contribution in [1.82, 2.24) is 0 Å². The van der Waals surface area contributed by atoms with E-state index >= 15 is 0 Å². The highest BCUT2D eigenvalue weighted by molar-refractivity contribution is 5.90. The first-order valence-corrected chi connectivity index (χ1v) is 5.98. The van der Waals surface area contributed by atoms with Crippen molar-refractivity contribution in [2.45, 2.75) is 26.2 Å². The molecule has 2 rings (SSSR count). The Hall–Kier alpha value is -2.10. The number of nitrogens with two attached hydrogens (primary N) is 1. The Morgan fingerprint density at radius 2 is 2.17 bits per heavy atom. The molecule has 0 bridgehead atoms. The molecule has 18 heavy (non-hydrogen) atoms. The van der Waals surface area contributed by atoms with Crippen LogP contribution in [0, 0.1) is 0 Å². The van der Waals surface area contributed by atoms with E-state index in [1.165, 1.54) is 0 Å². The minimum absolute atomic E-state index is 0.0913. The zero-order valence-corrected chi connectivity index (χ0v) is 10.2. The van der Waals surface area contributed by atoms with Crippen LogP contribution in [0.25, 0.3) is 11.0 Å². The number of fused-ring (bicyclic) bond motifs is 1. The number of hydrogen-bond acceptors (Lipinski definition) is 4. The maximum Gasteiger partial charge on any atom is 0.205 e. The van der Waals surface area contributed by atoms with Crippen molar-refractivity contribution in [2.24, 2.45) is 0 Å². The molecule has 0 amide bonds. The summed E-state index contributed by atoms with van der Waals surface area (Å²) in [7, 11) is 0. The summed E-state index contributed by atoms with van der Waals surface area (Å²) in [6, 6.07) is 5.41. The second kappa shape index (κ2) is 5.04. The monoisotopic (exact) mass is 245 g/mol. The van der Waals surface area contributed by atoms with Gasteiger partial charge in [-0.05, 0) is 24.5 Å². The Morgan fingerprint density at radius 1 is 1.39 bits per heavy atom. The molecule has 0 fully saturated rings. The van der Waals surface area contributed by atoms with Crippen LogP contribution in [0.5, 0.6) is 0 Å². The van der Waals surface area contributed by atoms with Crippen LogP contribution < -0.4 is 11.2 Å². The molecule has 0 aliphatic heterocycles. The van der Waals surface area contributed by atoms with Gasteiger partial charge in [-0.1, -0.05) is 25.5 Å². The van der Waals surface area contributed by atoms with Crippen LogP contribution in [0.4, 0.5) is 5.88 Å². The molecule has 0 saturated heterocycles. The molecule has 4 heteroatoms. The molecule has 2 N–H and O–H groups in total. The number of aldehydes is 1. The van der Waals surface area contributed by atoms with Crippen molar-refractivity contribution < 1.29 is 9.21 Å². The van der Waals surface area contributed by atoms with Gasteiger partial charge in [0.25, 0.3) is 0 Å². The Labute approximate surface area is 104 Å². The zero-order valence-electron chi connectivity index (χ0n) is 10.2. The molecule has 0 saturated carbocycles. The van der Waals surface area contributed by atoms with Crippen LogP contribution in [-0.2, 0) is 6.42 Å². The van der Waals surface area contributed by atoms with Crippen LogP contribution in [-0.4, -0.2) is 6.29 Å². The maximum atomic E-state index is 12.2. The molecule has 0 atom stereocenters. The number of rotatable bonds is 4. The van der Waals surface area contributed by atoms with Crippen molar-refractivity contribution in [3.05, 3.63) is 39.5 Å². The Bertz CT molecular complexity index is 643. The average Bonchev–Trinajstić information content (AvgIpc) is 2.36. The lowest BCUT2D eigenvalue weighted by atomic mass is 10.0. The van der Waals surface area contributed by atoms with Crippen molar-refractivity contribution in [3.63, 3.8) is 0 Å². The van der Waals surface area contributed by atoms with Crippen LogP contribution in [0.3, 0.4) is 0 Å². The standard InChI is InChI=1S/C14H15NO3/c1-2-3-5-9-6-4-7-11-12(9)13(17)10(8-16)14(15)18-11/h4,6-8H,2-3,5,15H2,1H3. The van der Waals surface area contributed by atoms with Gasteiger partial charge >= 0.3 is 0 Å². The lowest BCUT2D eigenvalue weighted by molar-refractivity contribution is 0.112. The van der Waals surface area contributed by atoms with Crippen molar-refractivity contribution in [1.29, 1.82) is 0 Å². The number of nitrogen functional groups attached to an aromatic ring is 1. The first-order valence-electron chi connectivity index (χ1n) is 5.98. The molecule has 0 aliphatic carbocycles. The lowest BCUT2D eigenvalue weighted by Crippen LogP contribution is -2.13. The Morgan fingerprint density at radius 3 is 2.83 bits per heavy atom. The highest BCUT2D eigenvalue weighted by atomic mass is 16.3. The molecule has 94 valence electrons. The van der Waals surface area contributed by atoms with E-state index in [0.717, 1.165) is 24.8 Å². The molecule has 0 aliphatic rings. The topological polar surface area (TPSA) is 73.3 Å². The fourth-order valence-electron chi connectivity index (χ4n) is 2.03. The smallest absolute Gasteiger partial charge is 0.205 e. The summed E-state index contributed by atoms with van der Waals surface area (Å²) < 4.78 is 5.33. The SMILES string of the molecule is CCCCc1cccc2oc(N)c(C=O)c(=O)c12. The summed E-state index contributed by atoms with van der Waals surface area (Å²) in [5.74, 6) is -0.116. The number of hydrogen-bond donors (Lipinski definition) is 1. The molecule has 0 radical (unpaired) electrons. The number of benzene rings is 1. The molecule has 1 heterocycles. The number of aryl methyl sites for hydroxylation is 1. The van der Waals surface area contributed by atoms with E-state index in [0.29, 0.717) is 17.3 Å². The first kappa shape index (κ1) is 12.4. The average molecular weight is 245 g/mol. The predicted octanol–water partition coefficient (Wildman–Crippen LogP) is 2.53. The van der Waals surface area contributed by atoms with Gasteiger partial charge in [0.1, 0.15) is 11.1 Å². The number of carbonyl (C=O) groups excluding carboxylic acids is 1. The largest absolute Gasteiger partial charge is 0.440 e. The molecule has 1 aromatic carbocycles. The summed E-state index contributed by atoms with van der Waals surface area (Å²) in [5, 5.41) is 0.474. The summed E-state index contributed by atoms with van der Waals surface area (Å²) in [4.78, 5) is 23.1. The third kappa shape index (κ3) is 2.01. The Balaban J connectivity index is 2.74. The quantitative estimate of drug-likeness (QED) is 0.840. The van der Waals surface area contributed by atoms with E-state index in [9.17, 15) is 9.59 Å². The van der Waals surface area contributed by atoms with Crippen LogP contribution in [0.2, 0.25) is 0 Å². The van der Waals surface area contributed by atoms with Gasteiger partial charge in [0.2, 0.25) is 11.3 Å². The third-order valence-electron chi connectivity index (χ3n) is 2.99. The predicted molar refractivity (Wildman–Crippen MR) is 70.9 cm³/mol. The normalized spacial score (nSPS) is 10.7. The van der Waals surface area contributed by atoms with E-state index in [4.69, 9.17) is 10.2 Å². The summed E-state index contributed by atoms with van der Waals surface area (Å²) >= 11 is 0. The van der Waals surface area contributed by atoms with Crippen LogP contribution in [0.15, 0.2) is 27.4 Å². The summed E-state index contributed by atoms with van der Waals surface area (Å²) in [6.45, 7) is 2.09. The van der Waals surface area contributed by atoms with Crippen LogP contribution in [0.1, 0.15) is 35.7 Å². The highest BCUT2D eigenvalue weighted by Gasteiger charge is 2.14. The van der Waals surface area contributed by atoms with Crippen molar-refractivity contribution in [2.75, 3.05) is 5.73 Å². The third-order valence-corrected chi connectivity index (χ3v) is 2.99. The fraction of sp³-hybridized carbons (Fsp3) is 0.286. The number of unbranched alkanes of at least 4 members (excludes halogenated alkanes) is 1. The van der Waals surface area contributed by atoms with Crippen LogP contribution >= 0.6 is 0 Å². The summed E-state index contributed by atoms with van der Waals surface area (Å²) in [6.07, 6.45) is 3.27. The Kier molecular flexibility index (Phi) is 3.46. The first-order chi connectivity index (χ1) is 8.69. The van der Waals surface area contributed by atoms with Gasteiger partial charge in [-0.25, -0.2) is 0 Å². The summed E-state index contributed by atoms with van der Waals surface area (Å²) in [5.41, 5.74) is 6.47. The van der Waals surface area contributed by atoms with E-state index in [-0.39, 0.29) is 16.9 Å². The van der Waals surface area contributed by atoms with E-state index < -0.39 is 0 Å². The van der Waals surface area contributed by atoms with E-state index in [1.807, 2.05) is 12.1 Å². The van der Waals surface area contributed by atoms with Crippen molar-refractivity contribution in [3.8, 4) is 0 Å². The van der Waals surface area contributed by atoms with Gasteiger partial charge in [0, 0.05) is 0 Å². The van der Waals surface area contributed by atoms with Gasteiger partial charge in [0.05, 0.1) is 5.39 Å². The highest BCUT2D eigenvalue weighted by Crippen LogP contribution is 2.21. The second-order valence-electron chi connectivity index (χ2n) is 4.22. The molecule has 0 unspecified atom stereocenters. The van der Waals surface area contributed by atoms with Crippen molar-refractivity contribution >= 4 is 23.1 Å². The molecule has 4 nitrogen and oxygen atoms in total. The molecular formula is C14H15NO3. The number of carbonyl (C=O) groups is 1. The zero-order chi connectivity index (χ0) is 13.1. The number of anilines is 1. The van der Waals surface area contributed by atoms with Gasteiger partial charge in [-0.2, -0.15) is 0 Å². The molecule has 2 aromatic rings. The van der Waals surface area contributed by atoms with Gasteiger partial charge in [-0.15, -0.1) is 0 Å². The molecule has 0 spiro atoms. The minimum Gasteiger partial charge on any atom is -0.440 e.